The molecule has 0 aromatic heterocycles. The highest BCUT2D eigenvalue weighted by Crippen LogP contribution is 2.46. The van der Waals surface area contributed by atoms with Crippen LogP contribution in [0.5, 0.6) is 11.5 Å². The summed E-state index contributed by atoms with van der Waals surface area (Å²) in [6, 6.07) is 18.2. The number of rotatable bonds is 2. The van der Waals surface area contributed by atoms with Crippen molar-refractivity contribution in [3.8, 4) is 11.5 Å². The first-order chi connectivity index (χ1) is 11.5. The zero-order chi connectivity index (χ0) is 16.9. The van der Waals surface area contributed by atoms with Crippen LogP contribution in [-0.4, -0.2) is 0 Å². The Hall–Kier alpha value is -2.68. The molecule has 2 N–H and O–H groups in total. The fraction of sp³-hybridized carbons (Fsp3) is 0.238. The zero-order valence-electron chi connectivity index (χ0n) is 14.2. The predicted molar refractivity (Wildman–Crippen MR) is 97.5 cm³/mol. The smallest absolute Gasteiger partial charge is 0.275 e. The van der Waals surface area contributed by atoms with Gasteiger partial charge in [0.05, 0.1) is 0 Å². The normalized spacial score (nSPS) is 19.2. The summed E-state index contributed by atoms with van der Waals surface area (Å²) < 4.78 is 12.3. The second-order valence-electron chi connectivity index (χ2n) is 6.80. The lowest BCUT2D eigenvalue weighted by molar-refractivity contribution is -0.0679. The van der Waals surface area contributed by atoms with Crippen molar-refractivity contribution in [2.24, 2.45) is 0 Å². The average Bonchev–Trinajstić information content (AvgIpc) is 2.89. The lowest BCUT2D eigenvalue weighted by Gasteiger charge is -2.23. The van der Waals surface area contributed by atoms with Crippen molar-refractivity contribution in [3.63, 3.8) is 0 Å². The third kappa shape index (κ3) is 2.28. The van der Waals surface area contributed by atoms with Crippen LogP contribution in [0.1, 0.15) is 37.8 Å². The zero-order valence-corrected chi connectivity index (χ0v) is 14.2. The Morgan fingerprint density at radius 2 is 1.46 bits per heavy atom. The van der Waals surface area contributed by atoms with E-state index in [4.69, 9.17) is 15.2 Å². The minimum Gasteiger partial charge on any atom is -0.445 e. The largest absolute Gasteiger partial charge is 0.445 e. The molecule has 3 nitrogen and oxygen atoms in total. The summed E-state index contributed by atoms with van der Waals surface area (Å²) in [5.41, 5.74) is 9.18. The molecule has 3 aromatic rings. The molecular weight excluding hydrogens is 298 g/mol. The van der Waals surface area contributed by atoms with Crippen LogP contribution in [0.2, 0.25) is 0 Å². The number of hydrogen-bond acceptors (Lipinski definition) is 3. The molecule has 1 heterocycles. The molecule has 3 heteroatoms. The predicted octanol–water partition coefficient (Wildman–Crippen LogP) is 5.19. The molecule has 0 spiro atoms. The summed E-state index contributed by atoms with van der Waals surface area (Å²) in [6.45, 7) is 6.24. The van der Waals surface area contributed by atoms with E-state index in [9.17, 15) is 0 Å². The Balaban J connectivity index is 1.80. The van der Waals surface area contributed by atoms with Gasteiger partial charge in [-0.25, -0.2) is 0 Å². The topological polar surface area (TPSA) is 44.5 Å². The molecule has 0 amide bonds. The Labute approximate surface area is 142 Å². The van der Waals surface area contributed by atoms with E-state index in [1.54, 1.807) is 0 Å². The van der Waals surface area contributed by atoms with Gasteiger partial charge in [-0.05, 0) is 46.5 Å². The summed E-state index contributed by atoms with van der Waals surface area (Å²) in [7, 11) is 0. The molecule has 4 rings (SSSR count). The van der Waals surface area contributed by atoms with E-state index in [1.165, 1.54) is 0 Å². The third-order valence-electron chi connectivity index (χ3n) is 4.63. The summed E-state index contributed by atoms with van der Waals surface area (Å²) in [5.74, 6) is 1.11. The van der Waals surface area contributed by atoms with Gasteiger partial charge < -0.3 is 15.2 Å². The summed E-state index contributed by atoms with van der Waals surface area (Å²) in [5, 5.41) is 2.18. The third-order valence-corrected chi connectivity index (χ3v) is 4.63. The van der Waals surface area contributed by atoms with Gasteiger partial charge in [-0.3, -0.25) is 0 Å². The van der Waals surface area contributed by atoms with Crippen LogP contribution in [-0.2, 0) is 5.79 Å². The molecule has 3 aromatic carbocycles. The lowest BCUT2D eigenvalue weighted by Crippen LogP contribution is -2.31. The number of benzene rings is 3. The highest BCUT2D eigenvalue weighted by molar-refractivity contribution is 5.90. The van der Waals surface area contributed by atoms with Crippen LogP contribution in [0.25, 0.3) is 10.8 Å². The molecule has 0 radical (unpaired) electrons. The van der Waals surface area contributed by atoms with Crippen molar-refractivity contribution in [3.05, 3.63) is 65.7 Å². The number of fused-ring (bicyclic) bond motifs is 2. The maximum atomic E-state index is 6.21. The molecule has 0 saturated heterocycles. The van der Waals surface area contributed by atoms with Crippen molar-refractivity contribution >= 4 is 16.5 Å². The van der Waals surface area contributed by atoms with Gasteiger partial charge in [0.15, 0.2) is 11.5 Å². The number of nitrogen functional groups attached to an aromatic ring is 1. The molecule has 0 bridgehead atoms. The van der Waals surface area contributed by atoms with Gasteiger partial charge in [0.25, 0.3) is 5.79 Å². The summed E-state index contributed by atoms with van der Waals surface area (Å²) in [4.78, 5) is 0. The fourth-order valence-corrected chi connectivity index (χ4v) is 3.30. The molecule has 0 fully saturated rings. The van der Waals surface area contributed by atoms with E-state index in [2.05, 4.69) is 19.9 Å². The average molecular weight is 319 g/mol. The molecule has 0 saturated carbocycles. The fourth-order valence-electron chi connectivity index (χ4n) is 3.30. The van der Waals surface area contributed by atoms with Crippen LogP contribution in [0.3, 0.4) is 0 Å². The molecule has 1 atom stereocenters. The Kier molecular flexibility index (Phi) is 3.20. The van der Waals surface area contributed by atoms with Crippen molar-refractivity contribution in [1.29, 1.82) is 0 Å². The van der Waals surface area contributed by atoms with Crippen molar-refractivity contribution in [1.82, 2.24) is 0 Å². The SMILES string of the molecule is CC(C)c1cc2cc3c(cc2cc1N)OC(C)(c1ccccc1)O3. The first kappa shape index (κ1) is 14.9. The number of hydrogen-bond donors (Lipinski definition) is 1. The quantitative estimate of drug-likeness (QED) is 0.661. The van der Waals surface area contributed by atoms with Crippen LogP contribution in [0.15, 0.2) is 54.6 Å². The number of anilines is 1. The summed E-state index contributed by atoms with van der Waals surface area (Å²) in [6.07, 6.45) is 0. The molecule has 122 valence electrons. The highest BCUT2D eigenvalue weighted by Gasteiger charge is 2.38. The molecule has 1 unspecified atom stereocenters. The Morgan fingerprint density at radius 1 is 0.875 bits per heavy atom. The van der Waals surface area contributed by atoms with E-state index >= 15 is 0 Å². The molecule has 1 aliphatic heterocycles. The van der Waals surface area contributed by atoms with Crippen molar-refractivity contribution in [2.45, 2.75) is 32.5 Å². The van der Waals surface area contributed by atoms with Crippen LogP contribution >= 0.6 is 0 Å². The molecular formula is C21H21NO2. The van der Waals surface area contributed by atoms with E-state index in [-0.39, 0.29) is 0 Å². The van der Waals surface area contributed by atoms with Gasteiger partial charge >= 0.3 is 0 Å². The highest BCUT2D eigenvalue weighted by atomic mass is 16.7. The van der Waals surface area contributed by atoms with Crippen molar-refractivity contribution < 1.29 is 9.47 Å². The van der Waals surface area contributed by atoms with E-state index < -0.39 is 5.79 Å². The van der Waals surface area contributed by atoms with Gasteiger partial charge in [-0.15, -0.1) is 0 Å². The van der Waals surface area contributed by atoms with Crippen LogP contribution < -0.4 is 15.2 Å². The second-order valence-corrected chi connectivity index (χ2v) is 6.80. The Bertz CT molecular complexity index is 918. The molecule has 24 heavy (non-hydrogen) atoms. The van der Waals surface area contributed by atoms with Gasteiger partial charge in [0.1, 0.15) is 0 Å². The lowest BCUT2D eigenvalue weighted by atomic mass is 9.97. The van der Waals surface area contributed by atoms with E-state index in [1.807, 2.05) is 55.5 Å². The first-order valence-corrected chi connectivity index (χ1v) is 8.27. The Morgan fingerprint density at radius 3 is 2.04 bits per heavy atom. The standard InChI is InChI=1S/C21H21NO2/c1-13(2)17-9-14-11-19-20(12-15(14)10-18(17)22)24-21(3,23-19)16-7-5-4-6-8-16/h4-13H,22H2,1-3H3. The van der Waals surface area contributed by atoms with E-state index in [0.717, 1.165) is 39.1 Å². The number of nitrogens with two attached hydrogens (primary N) is 1. The van der Waals surface area contributed by atoms with Gasteiger partial charge in [-0.2, -0.15) is 0 Å². The molecule has 1 aliphatic rings. The maximum Gasteiger partial charge on any atom is 0.275 e. The second kappa shape index (κ2) is 5.17. The first-order valence-electron chi connectivity index (χ1n) is 8.27. The van der Waals surface area contributed by atoms with Crippen LogP contribution in [0, 0.1) is 0 Å². The van der Waals surface area contributed by atoms with Gasteiger partial charge in [-0.1, -0.05) is 44.2 Å². The van der Waals surface area contributed by atoms with Crippen molar-refractivity contribution in [2.75, 3.05) is 5.73 Å². The van der Waals surface area contributed by atoms with Gasteiger partial charge in [0, 0.05) is 18.2 Å². The summed E-state index contributed by atoms with van der Waals surface area (Å²) >= 11 is 0. The molecule has 0 aliphatic carbocycles. The minimum atomic E-state index is -0.798. The monoisotopic (exact) mass is 319 g/mol. The van der Waals surface area contributed by atoms with Gasteiger partial charge in [0.2, 0.25) is 0 Å². The number of ether oxygens (including phenoxy) is 2. The maximum absolute atomic E-state index is 6.21. The van der Waals surface area contributed by atoms with E-state index in [0.29, 0.717) is 5.92 Å². The minimum absolute atomic E-state index is 0.384. The van der Waals surface area contributed by atoms with Crippen LogP contribution in [0.4, 0.5) is 5.69 Å².